The highest BCUT2D eigenvalue weighted by Crippen LogP contribution is 2.36. The van der Waals surface area contributed by atoms with Gasteiger partial charge in [-0.05, 0) is 50.5 Å². The Bertz CT molecular complexity index is 658. The molecule has 0 saturated heterocycles. The number of aromatic nitrogens is 3. The van der Waals surface area contributed by atoms with Crippen molar-refractivity contribution < 1.29 is 4.39 Å². The highest BCUT2D eigenvalue weighted by atomic mass is 19.1. The number of benzene rings is 1. The first-order chi connectivity index (χ1) is 11.6. The lowest BCUT2D eigenvalue weighted by atomic mass is 10.0. The molecule has 0 aliphatic heterocycles. The third-order valence-electron chi connectivity index (χ3n) is 4.35. The summed E-state index contributed by atoms with van der Waals surface area (Å²) < 4.78 is 13.5. The van der Waals surface area contributed by atoms with Crippen molar-refractivity contribution in [3.63, 3.8) is 0 Å². The van der Waals surface area contributed by atoms with Crippen molar-refractivity contribution in [2.75, 3.05) is 11.1 Å². The molecule has 2 atom stereocenters. The monoisotopic (exact) mass is 329 g/mol. The molecular weight excluding hydrogens is 305 g/mol. The molecule has 128 valence electrons. The van der Waals surface area contributed by atoms with Gasteiger partial charge in [-0.1, -0.05) is 30.3 Å². The Hall–Kier alpha value is -2.24. The summed E-state index contributed by atoms with van der Waals surface area (Å²) in [5, 5.41) is 3.35. The van der Waals surface area contributed by atoms with E-state index in [1.54, 1.807) is 0 Å². The molecule has 6 heteroatoms. The van der Waals surface area contributed by atoms with Crippen molar-refractivity contribution in [2.24, 2.45) is 5.92 Å². The second kappa shape index (κ2) is 7.55. The van der Waals surface area contributed by atoms with E-state index in [4.69, 9.17) is 5.73 Å². The molecule has 2 aromatic rings. The number of rotatable bonds is 8. The molecule has 0 bridgehead atoms. The summed E-state index contributed by atoms with van der Waals surface area (Å²) in [5.41, 5.74) is 7.02. The van der Waals surface area contributed by atoms with E-state index < -0.39 is 6.17 Å². The summed E-state index contributed by atoms with van der Waals surface area (Å²) in [6.07, 6.45) is 4.36. The van der Waals surface area contributed by atoms with E-state index in [0.717, 1.165) is 19.3 Å². The molecule has 5 nitrogen and oxygen atoms in total. The highest BCUT2D eigenvalue weighted by molar-refractivity contribution is 5.33. The first kappa shape index (κ1) is 16.6. The minimum atomic E-state index is -1.26. The van der Waals surface area contributed by atoms with E-state index in [2.05, 4.69) is 44.5 Å². The van der Waals surface area contributed by atoms with Crippen LogP contribution in [0, 0.1) is 5.92 Å². The van der Waals surface area contributed by atoms with E-state index in [9.17, 15) is 4.39 Å². The number of nitrogens with zero attached hydrogens (tertiary/aromatic N) is 3. The zero-order chi connectivity index (χ0) is 16.9. The lowest BCUT2D eigenvalue weighted by Gasteiger charge is -2.18. The average Bonchev–Trinajstić information content (AvgIpc) is 3.39. The van der Waals surface area contributed by atoms with Crippen LogP contribution in [-0.4, -0.2) is 21.0 Å². The number of nitrogen functional groups attached to an aromatic ring is 1. The van der Waals surface area contributed by atoms with Gasteiger partial charge in [-0.15, -0.1) is 0 Å². The molecule has 3 N–H and O–H groups in total. The van der Waals surface area contributed by atoms with Gasteiger partial charge in [-0.25, -0.2) is 4.39 Å². The van der Waals surface area contributed by atoms with E-state index in [-0.39, 0.29) is 11.8 Å². The molecule has 1 aliphatic carbocycles. The Morgan fingerprint density at radius 1 is 1.21 bits per heavy atom. The molecule has 24 heavy (non-hydrogen) atoms. The van der Waals surface area contributed by atoms with Crippen molar-refractivity contribution in [2.45, 2.75) is 51.2 Å². The van der Waals surface area contributed by atoms with Crippen LogP contribution in [0.1, 0.15) is 50.2 Å². The standard InChI is InChI=1S/C18H24FN5/c1-12(19)16-22-17(20)24-18(23-16)21-15(14-10-11-14)9-5-8-13-6-3-2-4-7-13/h2-4,6-7,12,14-15H,5,8-11H2,1H3,(H3,20,21,22,23,24)/t12-,15-/m0/s1. The van der Waals surface area contributed by atoms with Gasteiger partial charge in [0.15, 0.2) is 12.0 Å². The Labute approximate surface area is 141 Å². The fraction of sp³-hybridized carbons (Fsp3) is 0.500. The fourth-order valence-corrected chi connectivity index (χ4v) is 2.91. The van der Waals surface area contributed by atoms with E-state index in [1.165, 1.54) is 25.3 Å². The van der Waals surface area contributed by atoms with Crippen molar-refractivity contribution in [3.05, 3.63) is 41.7 Å². The smallest absolute Gasteiger partial charge is 0.228 e. The minimum Gasteiger partial charge on any atom is -0.368 e. The number of anilines is 2. The van der Waals surface area contributed by atoms with Gasteiger partial charge < -0.3 is 11.1 Å². The molecule has 3 rings (SSSR count). The second-order valence-electron chi connectivity index (χ2n) is 6.46. The predicted octanol–water partition coefficient (Wildman–Crippen LogP) is 3.70. The predicted molar refractivity (Wildman–Crippen MR) is 93.3 cm³/mol. The van der Waals surface area contributed by atoms with Crippen LogP contribution in [0.5, 0.6) is 0 Å². The second-order valence-corrected chi connectivity index (χ2v) is 6.46. The molecule has 0 amide bonds. The highest BCUT2D eigenvalue weighted by Gasteiger charge is 2.31. The molecule has 1 aliphatic rings. The summed E-state index contributed by atoms with van der Waals surface area (Å²) >= 11 is 0. The van der Waals surface area contributed by atoms with Gasteiger partial charge in [0.1, 0.15) is 0 Å². The van der Waals surface area contributed by atoms with Gasteiger partial charge in [-0.3, -0.25) is 0 Å². The van der Waals surface area contributed by atoms with E-state index in [0.29, 0.717) is 17.9 Å². The maximum absolute atomic E-state index is 13.5. The normalized spacial score (nSPS) is 16.6. The summed E-state index contributed by atoms with van der Waals surface area (Å²) in [4.78, 5) is 12.1. The van der Waals surface area contributed by atoms with E-state index in [1.807, 2.05) is 6.07 Å². The van der Waals surface area contributed by atoms with E-state index >= 15 is 0 Å². The average molecular weight is 329 g/mol. The first-order valence-corrected chi connectivity index (χ1v) is 8.58. The molecule has 1 saturated carbocycles. The Morgan fingerprint density at radius 2 is 1.96 bits per heavy atom. The van der Waals surface area contributed by atoms with Crippen LogP contribution in [0.4, 0.5) is 16.3 Å². The van der Waals surface area contributed by atoms with Crippen molar-refractivity contribution in [3.8, 4) is 0 Å². The van der Waals surface area contributed by atoms with Crippen LogP contribution < -0.4 is 11.1 Å². The molecule has 1 fully saturated rings. The minimum absolute atomic E-state index is 0.0610. The van der Waals surface area contributed by atoms with Crippen LogP contribution in [-0.2, 0) is 6.42 Å². The van der Waals surface area contributed by atoms with Crippen LogP contribution in [0.25, 0.3) is 0 Å². The molecule has 0 unspecified atom stereocenters. The quantitative estimate of drug-likeness (QED) is 0.772. The SMILES string of the molecule is C[C@H](F)c1nc(N)nc(N[C@@H](CCCc2ccccc2)C2CC2)n1. The summed E-state index contributed by atoms with van der Waals surface area (Å²) in [7, 11) is 0. The lowest BCUT2D eigenvalue weighted by Crippen LogP contribution is -2.24. The van der Waals surface area contributed by atoms with Crippen molar-refractivity contribution >= 4 is 11.9 Å². The maximum Gasteiger partial charge on any atom is 0.228 e. The number of alkyl halides is 1. The number of nitrogens with one attached hydrogen (secondary N) is 1. The summed E-state index contributed by atoms with van der Waals surface area (Å²) in [6.45, 7) is 1.40. The zero-order valence-electron chi connectivity index (χ0n) is 14.0. The fourth-order valence-electron chi connectivity index (χ4n) is 2.91. The van der Waals surface area contributed by atoms with Crippen LogP contribution in [0.2, 0.25) is 0 Å². The van der Waals surface area contributed by atoms with Crippen molar-refractivity contribution in [1.82, 2.24) is 15.0 Å². The Kier molecular flexibility index (Phi) is 5.23. The number of halogens is 1. The molecule has 1 aromatic carbocycles. The van der Waals surface area contributed by atoms with Crippen molar-refractivity contribution in [1.29, 1.82) is 0 Å². The first-order valence-electron chi connectivity index (χ1n) is 8.58. The summed E-state index contributed by atoms with van der Waals surface area (Å²) in [6, 6.07) is 10.8. The Balaban J connectivity index is 1.60. The van der Waals surface area contributed by atoms with Gasteiger partial charge in [0, 0.05) is 6.04 Å². The number of nitrogens with two attached hydrogens (primary N) is 1. The number of hydrogen-bond acceptors (Lipinski definition) is 5. The maximum atomic E-state index is 13.5. The zero-order valence-corrected chi connectivity index (χ0v) is 14.0. The van der Waals surface area contributed by atoms with Crippen LogP contribution >= 0.6 is 0 Å². The third-order valence-corrected chi connectivity index (χ3v) is 4.35. The van der Waals surface area contributed by atoms with Gasteiger partial charge >= 0.3 is 0 Å². The van der Waals surface area contributed by atoms with Gasteiger partial charge in [0.05, 0.1) is 0 Å². The summed E-state index contributed by atoms with van der Waals surface area (Å²) in [5.74, 6) is 1.18. The molecule has 0 spiro atoms. The molecule has 0 radical (unpaired) electrons. The van der Waals surface area contributed by atoms with Crippen LogP contribution in [0.3, 0.4) is 0 Å². The van der Waals surface area contributed by atoms with Crippen LogP contribution in [0.15, 0.2) is 30.3 Å². The van der Waals surface area contributed by atoms with Gasteiger partial charge in [0.2, 0.25) is 11.9 Å². The van der Waals surface area contributed by atoms with Gasteiger partial charge in [-0.2, -0.15) is 15.0 Å². The third kappa shape index (κ3) is 4.63. The Morgan fingerprint density at radius 3 is 2.62 bits per heavy atom. The number of aryl methyl sites for hydroxylation is 1. The molecular formula is C18H24FN5. The molecule has 1 heterocycles. The topological polar surface area (TPSA) is 76.7 Å². The largest absolute Gasteiger partial charge is 0.368 e. The number of hydrogen-bond donors (Lipinski definition) is 2. The molecule has 1 aromatic heterocycles. The van der Waals surface area contributed by atoms with Gasteiger partial charge in [0.25, 0.3) is 0 Å². The lowest BCUT2D eigenvalue weighted by molar-refractivity contribution is 0.356.